The number of anilines is 1. The molecule has 9 heteroatoms. The summed E-state index contributed by atoms with van der Waals surface area (Å²) in [7, 11) is 0. The molecule has 0 spiro atoms. The van der Waals surface area contributed by atoms with Crippen LogP contribution in [-0.2, 0) is 5.54 Å². The third-order valence-electron chi connectivity index (χ3n) is 6.18. The van der Waals surface area contributed by atoms with Crippen molar-refractivity contribution in [3.8, 4) is 11.1 Å². The minimum atomic E-state index is -1.02. The number of nitrogens with zero attached hydrogens (tertiary/aromatic N) is 3. The van der Waals surface area contributed by atoms with Gasteiger partial charge >= 0.3 is 6.09 Å². The highest BCUT2D eigenvalue weighted by Crippen LogP contribution is 2.49. The zero-order valence-corrected chi connectivity index (χ0v) is 19.6. The number of nitrogens with two attached hydrogens (primary N) is 1. The molecular weight excluding hydrogens is 449 g/mol. The van der Waals surface area contributed by atoms with E-state index in [4.69, 9.17) is 28.9 Å². The van der Waals surface area contributed by atoms with Crippen molar-refractivity contribution in [1.29, 1.82) is 0 Å². The lowest BCUT2D eigenvalue weighted by Gasteiger charge is -2.53. The van der Waals surface area contributed by atoms with Crippen LogP contribution in [0.25, 0.3) is 22.0 Å². The van der Waals surface area contributed by atoms with E-state index in [1.54, 1.807) is 24.3 Å². The molecule has 4 rings (SSSR count). The summed E-state index contributed by atoms with van der Waals surface area (Å²) < 4.78 is 0. The van der Waals surface area contributed by atoms with Crippen LogP contribution in [0, 0.1) is 5.41 Å². The second-order valence-electron chi connectivity index (χ2n) is 8.98. The number of nitrogens with one attached hydrogen (secondary N) is 1. The zero-order valence-electron chi connectivity index (χ0n) is 18.1. The predicted octanol–water partition coefficient (Wildman–Crippen LogP) is 5.01. The monoisotopic (exact) mass is 473 g/mol. The lowest BCUT2D eigenvalue weighted by molar-refractivity contribution is -0.0201. The first-order valence-corrected chi connectivity index (χ1v) is 11.1. The first-order chi connectivity index (χ1) is 15.1. The Bertz CT molecular complexity index is 1190. The molecule has 1 saturated heterocycles. The molecule has 1 fully saturated rings. The molecule has 1 unspecified atom stereocenters. The van der Waals surface area contributed by atoms with E-state index in [0.717, 1.165) is 11.1 Å². The predicted molar refractivity (Wildman–Crippen MR) is 128 cm³/mol. The van der Waals surface area contributed by atoms with Crippen molar-refractivity contribution < 1.29 is 9.90 Å². The van der Waals surface area contributed by atoms with Gasteiger partial charge < -0.3 is 16.2 Å². The van der Waals surface area contributed by atoms with E-state index in [2.05, 4.69) is 15.3 Å². The fourth-order valence-electron chi connectivity index (χ4n) is 4.66. The third-order valence-corrected chi connectivity index (χ3v) is 6.75. The number of aromatic nitrogens is 2. The molecule has 0 aliphatic carbocycles. The summed E-state index contributed by atoms with van der Waals surface area (Å²) in [6.45, 7) is 7.26. The Balaban J connectivity index is 2.17. The highest BCUT2D eigenvalue weighted by molar-refractivity contribution is 6.35. The first-order valence-electron chi connectivity index (χ1n) is 10.3. The van der Waals surface area contributed by atoms with Gasteiger partial charge in [-0.15, -0.1) is 0 Å². The minimum Gasteiger partial charge on any atom is -0.465 e. The standard InChI is InChI=1S/C23H25Cl2N5O2/c1-22(2,3)23(12-27-10-11-30(23)21(31)32)19-18-16(28-20(26)29-19)9-8-15(25)17(18)13-4-6-14(24)7-5-13/h4-9,27H,10-12H2,1-3H3,(H,31,32)(H2,26,28,29). The molecule has 1 amide bonds. The van der Waals surface area contributed by atoms with Gasteiger partial charge in [-0.3, -0.25) is 4.90 Å². The summed E-state index contributed by atoms with van der Waals surface area (Å²) in [5.41, 5.74) is 7.27. The molecule has 32 heavy (non-hydrogen) atoms. The average molecular weight is 474 g/mol. The number of piperazine rings is 1. The molecule has 2 aromatic carbocycles. The molecule has 3 aromatic rings. The Hall–Kier alpha value is -2.61. The maximum atomic E-state index is 12.5. The Labute approximate surface area is 196 Å². The Morgan fingerprint density at radius 3 is 2.47 bits per heavy atom. The fourth-order valence-corrected chi connectivity index (χ4v) is 5.05. The topological polar surface area (TPSA) is 104 Å². The molecule has 1 aromatic heterocycles. The van der Waals surface area contributed by atoms with E-state index in [9.17, 15) is 9.90 Å². The van der Waals surface area contributed by atoms with Gasteiger partial charge in [-0.1, -0.05) is 56.1 Å². The second kappa shape index (κ2) is 8.06. The number of rotatable bonds is 2. The SMILES string of the molecule is CC(C)(C)C1(c2nc(N)nc3ccc(Cl)c(-c4ccc(Cl)cc4)c23)CNCCN1C(=O)O. The number of carboxylic acid groups (broad SMARTS) is 1. The van der Waals surface area contributed by atoms with Crippen LogP contribution in [0.4, 0.5) is 10.7 Å². The smallest absolute Gasteiger partial charge is 0.408 e. The summed E-state index contributed by atoms with van der Waals surface area (Å²) >= 11 is 12.8. The molecule has 7 nitrogen and oxygen atoms in total. The van der Waals surface area contributed by atoms with Crippen LogP contribution in [0.1, 0.15) is 26.5 Å². The van der Waals surface area contributed by atoms with Crippen LogP contribution >= 0.6 is 23.2 Å². The van der Waals surface area contributed by atoms with Gasteiger partial charge in [-0.2, -0.15) is 0 Å². The summed E-state index contributed by atoms with van der Waals surface area (Å²) in [5, 5.41) is 15.4. The van der Waals surface area contributed by atoms with Crippen molar-refractivity contribution in [3.05, 3.63) is 52.1 Å². The van der Waals surface area contributed by atoms with Crippen molar-refractivity contribution >= 4 is 46.1 Å². The molecule has 2 heterocycles. The largest absolute Gasteiger partial charge is 0.465 e. The van der Waals surface area contributed by atoms with Gasteiger partial charge in [0.05, 0.1) is 11.2 Å². The number of hydrogen-bond donors (Lipinski definition) is 3. The quantitative estimate of drug-likeness (QED) is 0.482. The zero-order chi connectivity index (χ0) is 23.3. The summed E-state index contributed by atoms with van der Waals surface area (Å²) in [6, 6.07) is 10.9. The van der Waals surface area contributed by atoms with Gasteiger partial charge in [0.15, 0.2) is 0 Å². The van der Waals surface area contributed by atoms with Crippen LogP contribution < -0.4 is 11.1 Å². The molecule has 4 N–H and O–H groups in total. The number of fused-ring (bicyclic) bond motifs is 1. The summed E-state index contributed by atoms with van der Waals surface area (Å²) in [4.78, 5) is 23.1. The van der Waals surface area contributed by atoms with Crippen LogP contribution in [0.2, 0.25) is 10.0 Å². The number of carbonyl (C=O) groups is 1. The number of halogens is 2. The van der Waals surface area contributed by atoms with Crippen molar-refractivity contribution in [1.82, 2.24) is 20.2 Å². The second-order valence-corrected chi connectivity index (χ2v) is 9.82. The highest BCUT2D eigenvalue weighted by atomic mass is 35.5. The number of benzene rings is 2. The van der Waals surface area contributed by atoms with Crippen LogP contribution in [0.15, 0.2) is 36.4 Å². The summed E-state index contributed by atoms with van der Waals surface area (Å²) in [6.07, 6.45) is -1.01. The van der Waals surface area contributed by atoms with Gasteiger partial charge in [0, 0.05) is 40.6 Å². The van der Waals surface area contributed by atoms with Gasteiger partial charge in [0.2, 0.25) is 5.95 Å². The van der Waals surface area contributed by atoms with E-state index in [1.165, 1.54) is 4.90 Å². The van der Waals surface area contributed by atoms with Gasteiger partial charge in [0.25, 0.3) is 0 Å². The lowest BCUT2D eigenvalue weighted by Crippen LogP contribution is -2.66. The van der Waals surface area contributed by atoms with E-state index >= 15 is 0 Å². The van der Waals surface area contributed by atoms with Gasteiger partial charge in [-0.25, -0.2) is 14.8 Å². The molecule has 168 valence electrons. The van der Waals surface area contributed by atoms with Crippen molar-refractivity contribution in [2.45, 2.75) is 26.3 Å². The first kappa shape index (κ1) is 22.6. The molecular formula is C23H25Cl2N5O2. The molecule has 1 atom stereocenters. The van der Waals surface area contributed by atoms with Gasteiger partial charge in [0.1, 0.15) is 5.54 Å². The molecule has 0 saturated carbocycles. The molecule has 1 aliphatic rings. The van der Waals surface area contributed by atoms with Crippen molar-refractivity contribution in [3.63, 3.8) is 0 Å². The van der Waals surface area contributed by atoms with Crippen molar-refractivity contribution in [2.75, 3.05) is 25.4 Å². The van der Waals surface area contributed by atoms with Gasteiger partial charge in [-0.05, 0) is 35.2 Å². The number of amides is 1. The van der Waals surface area contributed by atoms with E-state index in [0.29, 0.717) is 46.3 Å². The molecule has 0 radical (unpaired) electrons. The van der Waals surface area contributed by atoms with Crippen LogP contribution in [0.3, 0.4) is 0 Å². The third kappa shape index (κ3) is 3.54. The molecule has 0 bridgehead atoms. The van der Waals surface area contributed by atoms with Crippen LogP contribution in [-0.4, -0.2) is 45.7 Å². The van der Waals surface area contributed by atoms with Crippen molar-refractivity contribution in [2.24, 2.45) is 5.41 Å². The maximum absolute atomic E-state index is 12.5. The molecule has 1 aliphatic heterocycles. The average Bonchev–Trinajstić information content (AvgIpc) is 2.73. The minimum absolute atomic E-state index is 0.0800. The number of hydrogen-bond acceptors (Lipinski definition) is 5. The normalized spacial score (nSPS) is 19.3. The lowest BCUT2D eigenvalue weighted by atomic mass is 9.68. The fraction of sp³-hybridized carbons (Fsp3) is 0.348. The maximum Gasteiger partial charge on any atom is 0.408 e. The Kier molecular flexibility index (Phi) is 5.69. The Morgan fingerprint density at radius 1 is 1.16 bits per heavy atom. The summed E-state index contributed by atoms with van der Waals surface area (Å²) in [5.74, 6) is 0.0800. The highest BCUT2D eigenvalue weighted by Gasteiger charge is 2.54. The van der Waals surface area contributed by atoms with E-state index < -0.39 is 17.0 Å². The van der Waals surface area contributed by atoms with E-state index in [1.807, 2.05) is 32.9 Å². The van der Waals surface area contributed by atoms with Crippen LogP contribution in [0.5, 0.6) is 0 Å². The Morgan fingerprint density at radius 2 is 1.84 bits per heavy atom. The number of nitrogen functional groups attached to an aromatic ring is 1. The van der Waals surface area contributed by atoms with E-state index in [-0.39, 0.29) is 5.95 Å².